The number of ether oxygens (including phenoxy) is 1. The number of aliphatic hydroxyl groups excluding tert-OH is 1. The molecule has 6 heteroatoms. The van der Waals surface area contributed by atoms with Crippen molar-refractivity contribution in [2.24, 2.45) is 28.6 Å². The van der Waals surface area contributed by atoms with Crippen LogP contribution in [0, 0.1) is 28.6 Å². The average Bonchev–Trinajstić information content (AvgIpc) is 3.18. The van der Waals surface area contributed by atoms with E-state index >= 15 is 0 Å². The van der Waals surface area contributed by atoms with Crippen molar-refractivity contribution >= 4 is 17.5 Å². The summed E-state index contributed by atoms with van der Waals surface area (Å²) in [5, 5.41) is 23.4. The Hall–Kier alpha value is -2.57. The molecule has 3 fully saturated rings. The third-order valence-corrected chi connectivity index (χ3v) is 10.9. The zero-order valence-corrected chi connectivity index (χ0v) is 26.4. The van der Waals surface area contributed by atoms with Crippen molar-refractivity contribution in [2.45, 2.75) is 111 Å². The fourth-order valence-electron chi connectivity index (χ4n) is 8.60. The minimum atomic E-state index is -1.66. The molecule has 0 amide bonds. The highest BCUT2D eigenvalue weighted by Gasteiger charge is 2.68. The lowest BCUT2D eigenvalue weighted by Gasteiger charge is -2.59. The molecule has 4 aliphatic carbocycles. The molecule has 0 bridgehead atoms. The van der Waals surface area contributed by atoms with Gasteiger partial charge in [0.15, 0.2) is 12.4 Å². The first-order chi connectivity index (χ1) is 19.7. The highest BCUT2D eigenvalue weighted by molar-refractivity contribution is 6.01. The molecule has 0 heterocycles. The summed E-state index contributed by atoms with van der Waals surface area (Å²) in [6, 6.07) is 0. The molecule has 4 rings (SSSR count). The maximum absolute atomic E-state index is 13.5. The number of esters is 1. The SMILES string of the molecule is CC(C)=CCC/C(C)=C/CC/C(C)=C/C(=O)OCC(=O)[C@@]1(O)CC[C@H]2[C@@H]3CCC4=CC(=O)C=C[C@]4(C)[C@H]3C(O)C[C@@]21C. The first kappa shape index (κ1) is 32.3. The topological polar surface area (TPSA) is 101 Å². The Morgan fingerprint density at radius 2 is 1.74 bits per heavy atom. The Balaban J connectivity index is 1.36. The second kappa shape index (κ2) is 12.6. The van der Waals surface area contributed by atoms with Crippen molar-refractivity contribution < 1.29 is 29.3 Å². The third kappa shape index (κ3) is 6.21. The predicted octanol–water partition coefficient (Wildman–Crippen LogP) is 6.53. The van der Waals surface area contributed by atoms with Crippen molar-refractivity contribution in [1.82, 2.24) is 0 Å². The van der Waals surface area contributed by atoms with Crippen LogP contribution in [-0.2, 0) is 19.1 Å². The number of Topliss-reactive ketones (excluding diaryl/α,β-unsaturated/α-hetero) is 1. The van der Waals surface area contributed by atoms with Crippen LogP contribution in [-0.4, -0.2) is 46.1 Å². The first-order valence-electron chi connectivity index (χ1n) is 15.7. The van der Waals surface area contributed by atoms with E-state index in [2.05, 4.69) is 39.8 Å². The summed E-state index contributed by atoms with van der Waals surface area (Å²) in [6.07, 6.45) is 16.9. The predicted molar refractivity (Wildman–Crippen MR) is 164 cm³/mol. The molecule has 0 saturated heterocycles. The summed E-state index contributed by atoms with van der Waals surface area (Å²) < 4.78 is 5.35. The van der Waals surface area contributed by atoms with Gasteiger partial charge in [-0.25, -0.2) is 4.79 Å². The number of carbonyl (C=O) groups is 3. The molecule has 230 valence electrons. The van der Waals surface area contributed by atoms with Gasteiger partial charge in [-0.15, -0.1) is 0 Å². The Labute approximate surface area is 251 Å². The van der Waals surface area contributed by atoms with Gasteiger partial charge in [0.25, 0.3) is 0 Å². The molecule has 0 aromatic heterocycles. The second-order valence-corrected chi connectivity index (χ2v) is 14.0. The molecule has 6 nitrogen and oxygen atoms in total. The van der Waals surface area contributed by atoms with Crippen LogP contribution in [0.1, 0.15) is 99.3 Å². The normalized spacial score (nSPS) is 36.0. The van der Waals surface area contributed by atoms with Crippen molar-refractivity contribution in [3.05, 3.63) is 58.7 Å². The van der Waals surface area contributed by atoms with E-state index in [9.17, 15) is 24.6 Å². The monoisotopic (exact) mass is 578 g/mol. The van der Waals surface area contributed by atoms with E-state index in [1.54, 1.807) is 12.2 Å². The Bertz CT molecular complexity index is 1250. The summed E-state index contributed by atoms with van der Waals surface area (Å²) in [4.78, 5) is 38.1. The molecule has 0 spiro atoms. The minimum absolute atomic E-state index is 0.00542. The van der Waals surface area contributed by atoms with Gasteiger partial charge in [0.2, 0.25) is 5.78 Å². The van der Waals surface area contributed by atoms with E-state index < -0.39 is 40.9 Å². The van der Waals surface area contributed by atoms with Crippen molar-refractivity contribution in [2.75, 3.05) is 6.61 Å². The standard InChI is InChI=1S/C36H50O6/c1-23(2)9-7-10-24(3)11-8-12-25(4)19-32(40)42-22-31(39)36(41)18-16-29-28-14-13-26-20-27(37)15-17-34(26,5)33(28)30(38)21-35(29,36)6/h9,11,15,17,19-20,28-30,33,38,41H,7-8,10,12-14,16,18,21-22H2,1-6H3/b24-11+,25-19+/t28-,29-,30?,33+,34-,35-,36-/m0/s1. The molecule has 4 aliphatic rings. The lowest BCUT2D eigenvalue weighted by molar-refractivity contribution is -0.180. The quantitative estimate of drug-likeness (QED) is 0.174. The highest BCUT2D eigenvalue weighted by Crippen LogP contribution is 2.67. The average molecular weight is 579 g/mol. The summed E-state index contributed by atoms with van der Waals surface area (Å²) in [5.41, 5.74) is 1.73. The van der Waals surface area contributed by atoms with Gasteiger partial charge in [-0.05, 0) is 109 Å². The summed E-state index contributed by atoms with van der Waals surface area (Å²) in [6.45, 7) is 11.8. The number of ketones is 2. The number of fused-ring (bicyclic) bond motifs is 5. The largest absolute Gasteiger partial charge is 0.454 e. The van der Waals surface area contributed by atoms with Gasteiger partial charge in [0.1, 0.15) is 5.60 Å². The van der Waals surface area contributed by atoms with Crippen molar-refractivity contribution in [3.63, 3.8) is 0 Å². The molecule has 0 aromatic carbocycles. The molecular weight excluding hydrogens is 528 g/mol. The summed E-state index contributed by atoms with van der Waals surface area (Å²) >= 11 is 0. The van der Waals surface area contributed by atoms with Crippen LogP contribution in [0.4, 0.5) is 0 Å². The first-order valence-corrected chi connectivity index (χ1v) is 15.7. The molecule has 7 atom stereocenters. The van der Waals surface area contributed by atoms with E-state index in [1.807, 2.05) is 19.9 Å². The molecule has 2 N–H and O–H groups in total. The van der Waals surface area contributed by atoms with Crippen molar-refractivity contribution in [3.8, 4) is 0 Å². The fraction of sp³-hybridized carbons (Fsp3) is 0.639. The van der Waals surface area contributed by atoms with Gasteiger partial charge < -0.3 is 14.9 Å². The van der Waals surface area contributed by atoms with Crippen LogP contribution in [0.5, 0.6) is 0 Å². The van der Waals surface area contributed by atoms with E-state index in [-0.39, 0.29) is 23.5 Å². The van der Waals surface area contributed by atoms with Crippen LogP contribution < -0.4 is 0 Å². The highest BCUT2D eigenvalue weighted by atomic mass is 16.5. The molecular formula is C36H50O6. The van der Waals surface area contributed by atoms with E-state index in [0.29, 0.717) is 19.3 Å². The van der Waals surface area contributed by atoms with Crippen LogP contribution in [0.25, 0.3) is 0 Å². The number of rotatable bonds is 10. The summed E-state index contributed by atoms with van der Waals surface area (Å²) in [5.74, 6) is -0.957. The van der Waals surface area contributed by atoms with Gasteiger partial charge in [0, 0.05) is 22.8 Å². The van der Waals surface area contributed by atoms with Crippen LogP contribution >= 0.6 is 0 Å². The van der Waals surface area contributed by atoms with Gasteiger partial charge in [-0.1, -0.05) is 54.4 Å². The zero-order chi connectivity index (χ0) is 30.9. The number of carbonyl (C=O) groups excluding carboxylic acids is 3. The maximum Gasteiger partial charge on any atom is 0.331 e. The van der Waals surface area contributed by atoms with Crippen molar-refractivity contribution in [1.29, 1.82) is 0 Å². The van der Waals surface area contributed by atoms with Gasteiger partial charge in [0.05, 0.1) is 6.10 Å². The van der Waals surface area contributed by atoms with E-state index in [1.165, 1.54) is 17.2 Å². The molecule has 0 aromatic rings. The van der Waals surface area contributed by atoms with Crippen LogP contribution in [0.3, 0.4) is 0 Å². The van der Waals surface area contributed by atoms with Gasteiger partial charge in [-0.3, -0.25) is 9.59 Å². The fourth-order valence-corrected chi connectivity index (χ4v) is 8.60. The molecule has 1 unspecified atom stereocenters. The number of aliphatic hydroxyl groups is 2. The van der Waals surface area contributed by atoms with Gasteiger partial charge >= 0.3 is 5.97 Å². The van der Waals surface area contributed by atoms with Crippen LogP contribution in [0.15, 0.2) is 58.7 Å². The molecule has 42 heavy (non-hydrogen) atoms. The molecule has 0 aliphatic heterocycles. The Morgan fingerprint density at radius 3 is 2.45 bits per heavy atom. The lowest BCUT2D eigenvalue weighted by Crippen LogP contribution is -2.61. The van der Waals surface area contributed by atoms with E-state index in [4.69, 9.17) is 4.74 Å². The lowest BCUT2D eigenvalue weighted by atomic mass is 9.46. The summed E-state index contributed by atoms with van der Waals surface area (Å²) in [7, 11) is 0. The Morgan fingerprint density at radius 1 is 1.05 bits per heavy atom. The van der Waals surface area contributed by atoms with Crippen LogP contribution in [0.2, 0.25) is 0 Å². The molecule has 3 saturated carbocycles. The maximum atomic E-state index is 13.5. The smallest absolute Gasteiger partial charge is 0.331 e. The third-order valence-electron chi connectivity index (χ3n) is 10.9. The number of hydrogen-bond donors (Lipinski definition) is 2. The Kier molecular flexibility index (Phi) is 9.69. The van der Waals surface area contributed by atoms with Gasteiger partial charge in [-0.2, -0.15) is 0 Å². The van der Waals surface area contributed by atoms with E-state index in [0.717, 1.165) is 49.7 Å². The second-order valence-electron chi connectivity index (χ2n) is 14.0. The minimum Gasteiger partial charge on any atom is -0.454 e. The zero-order valence-electron chi connectivity index (χ0n) is 26.4. The molecule has 0 radical (unpaired) electrons. The number of allylic oxidation sites excluding steroid dienone is 9. The number of hydrogen-bond acceptors (Lipinski definition) is 6.